The van der Waals surface area contributed by atoms with Crippen molar-refractivity contribution in [1.82, 2.24) is 20.2 Å². The Labute approximate surface area is 239 Å². The van der Waals surface area contributed by atoms with Crippen LogP contribution in [0.4, 0.5) is 4.79 Å². The van der Waals surface area contributed by atoms with Crippen LogP contribution in [0.25, 0.3) is 22.3 Å². The van der Waals surface area contributed by atoms with E-state index in [0.29, 0.717) is 65.5 Å². The zero-order valence-corrected chi connectivity index (χ0v) is 24.7. The fraction of sp³-hybridized carbons (Fsp3) is 0.467. The van der Waals surface area contributed by atoms with Crippen LogP contribution in [-0.4, -0.2) is 72.4 Å². The minimum Gasteiger partial charge on any atom is -0.497 e. The molecule has 41 heavy (non-hydrogen) atoms. The lowest BCUT2D eigenvalue weighted by Gasteiger charge is -2.33. The van der Waals surface area contributed by atoms with E-state index in [9.17, 15) is 14.4 Å². The Kier molecular flexibility index (Phi) is 8.74. The molecule has 0 saturated carbocycles. The van der Waals surface area contributed by atoms with E-state index in [4.69, 9.17) is 18.9 Å². The number of carbonyl (C=O) groups excluding carboxylic acids is 2. The van der Waals surface area contributed by atoms with Crippen molar-refractivity contribution in [2.75, 3.05) is 33.9 Å². The molecule has 1 saturated heterocycles. The second-order valence-electron chi connectivity index (χ2n) is 11.2. The quantitative estimate of drug-likeness (QED) is 0.437. The van der Waals surface area contributed by atoms with Gasteiger partial charge in [-0.1, -0.05) is 0 Å². The molecule has 0 atom stereocenters. The van der Waals surface area contributed by atoms with Crippen LogP contribution in [0.3, 0.4) is 0 Å². The Balaban J connectivity index is 1.40. The van der Waals surface area contributed by atoms with Crippen molar-refractivity contribution in [3.05, 3.63) is 45.7 Å². The molecule has 4 rings (SSSR count). The highest BCUT2D eigenvalue weighted by atomic mass is 16.6. The third-order valence-electron chi connectivity index (χ3n) is 6.79. The first kappa shape index (κ1) is 29.7. The summed E-state index contributed by atoms with van der Waals surface area (Å²) in [6.45, 7) is 10.2. The molecule has 0 unspecified atom stereocenters. The molecule has 2 heterocycles. The van der Waals surface area contributed by atoms with Gasteiger partial charge in [-0.15, -0.1) is 0 Å². The highest BCUT2D eigenvalue weighted by Crippen LogP contribution is 2.31. The number of fused-ring (bicyclic) bond motifs is 1. The maximum atomic E-state index is 12.9. The minimum absolute atomic E-state index is 0.0394. The predicted molar refractivity (Wildman–Crippen MR) is 155 cm³/mol. The SMILES string of the molecule is COc1cc(OC)c2c(=O)[nH]c(-c3cc(C)c(OCC(=O)NC4CCN(C(=O)OC(C)(C)C)CC4)c(C)c3)nc2c1. The summed E-state index contributed by atoms with van der Waals surface area (Å²) < 4.78 is 22.0. The molecule has 220 valence electrons. The number of aromatic amines is 1. The number of hydrogen-bond donors (Lipinski definition) is 2. The molecule has 2 amide bonds. The number of nitrogens with one attached hydrogen (secondary N) is 2. The van der Waals surface area contributed by atoms with Crippen LogP contribution < -0.4 is 25.1 Å². The first-order valence-corrected chi connectivity index (χ1v) is 13.6. The van der Waals surface area contributed by atoms with Crippen molar-refractivity contribution in [2.45, 2.75) is 59.1 Å². The van der Waals surface area contributed by atoms with Gasteiger partial charge in [0.15, 0.2) is 6.61 Å². The fourth-order valence-electron chi connectivity index (χ4n) is 4.88. The number of hydrogen-bond acceptors (Lipinski definition) is 8. The summed E-state index contributed by atoms with van der Waals surface area (Å²) in [5.74, 6) is 1.66. The molecule has 0 aliphatic carbocycles. The van der Waals surface area contributed by atoms with E-state index in [1.54, 1.807) is 17.0 Å². The van der Waals surface area contributed by atoms with Crippen molar-refractivity contribution in [1.29, 1.82) is 0 Å². The van der Waals surface area contributed by atoms with E-state index in [1.807, 2.05) is 46.8 Å². The number of likely N-dealkylation sites (tertiary alicyclic amines) is 1. The maximum Gasteiger partial charge on any atom is 0.410 e. The van der Waals surface area contributed by atoms with E-state index in [0.717, 1.165) is 11.1 Å². The average Bonchev–Trinajstić information content (AvgIpc) is 2.91. The van der Waals surface area contributed by atoms with Crippen LogP contribution in [0.2, 0.25) is 0 Å². The zero-order chi connectivity index (χ0) is 29.9. The number of aromatic nitrogens is 2. The number of benzene rings is 2. The number of aryl methyl sites for hydroxylation is 2. The van der Waals surface area contributed by atoms with Crippen molar-refractivity contribution in [3.8, 4) is 28.6 Å². The van der Waals surface area contributed by atoms with E-state index in [2.05, 4.69) is 15.3 Å². The van der Waals surface area contributed by atoms with E-state index < -0.39 is 5.60 Å². The highest BCUT2D eigenvalue weighted by molar-refractivity contribution is 5.87. The van der Waals surface area contributed by atoms with Crippen molar-refractivity contribution < 1.29 is 28.5 Å². The van der Waals surface area contributed by atoms with Crippen LogP contribution in [0.15, 0.2) is 29.1 Å². The normalized spacial score (nSPS) is 14.1. The molecule has 11 heteroatoms. The van der Waals surface area contributed by atoms with Gasteiger partial charge in [0.1, 0.15) is 34.1 Å². The Morgan fingerprint density at radius 3 is 2.29 bits per heavy atom. The van der Waals surface area contributed by atoms with Crippen LogP contribution in [0.5, 0.6) is 17.2 Å². The molecule has 1 aromatic heterocycles. The van der Waals surface area contributed by atoms with Gasteiger partial charge in [0.2, 0.25) is 0 Å². The van der Waals surface area contributed by atoms with Gasteiger partial charge in [0.25, 0.3) is 11.5 Å². The topological polar surface area (TPSA) is 132 Å². The zero-order valence-electron chi connectivity index (χ0n) is 24.7. The van der Waals surface area contributed by atoms with Crippen molar-refractivity contribution in [3.63, 3.8) is 0 Å². The van der Waals surface area contributed by atoms with Crippen LogP contribution >= 0.6 is 0 Å². The second kappa shape index (κ2) is 12.1. The van der Waals surface area contributed by atoms with E-state index in [1.165, 1.54) is 14.2 Å². The number of ether oxygens (including phenoxy) is 4. The Bertz CT molecular complexity index is 1480. The molecule has 2 N–H and O–H groups in total. The van der Waals surface area contributed by atoms with Gasteiger partial charge in [0, 0.05) is 36.8 Å². The number of amides is 2. The van der Waals surface area contributed by atoms with Crippen LogP contribution in [0, 0.1) is 13.8 Å². The second-order valence-corrected chi connectivity index (χ2v) is 11.2. The lowest BCUT2D eigenvalue weighted by atomic mass is 10.0. The standard InChI is InChI=1S/C30H38N4O7/c1-17-12-19(27-32-22-14-21(38-6)15-23(39-7)25(22)28(36)33-27)13-18(2)26(17)40-16-24(35)31-20-8-10-34(11-9-20)29(37)41-30(3,4)5/h12-15,20H,8-11,16H2,1-7H3,(H,31,35)(H,32,33,36). The summed E-state index contributed by atoms with van der Waals surface area (Å²) in [7, 11) is 3.03. The maximum absolute atomic E-state index is 12.9. The van der Waals surface area contributed by atoms with Gasteiger partial charge >= 0.3 is 6.09 Å². The summed E-state index contributed by atoms with van der Waals surface area (Å²) in [4.78, 5) is 47.0. The highest BCUT2D eigenvalue weighted by Gasteiger charge is 2.27. The van der Waals surface area contributed by atoms with Gasteiger partial charge in [-0.2, -0.15) is 0 Å². The number of rotatable bonds is 7. The van der Waals surface area contributed by atoms with Gasteiger partial charge in [-0.3, -0.25) is 9.59 Å². The minimum atomic E-state index is -0.542. The van der Waals surface area contributed by atoms with Gasteiger partial charge < -0.3 is 34.1 Å². The monoisotopic (exact) mass is 566 g/mol. The molecule has 0 bridgehead atoms. The average molecular weight is 567 g/mol. The van der Waals surface area contributed by atoms with Crippen molar-refractivity contribution >= 4 is 22.9 Å². The summed E-state index contributed by atoms with van der Waals surface area (Å²) in [5, 5.41) is 3.34. The Hall–Kier alpha value is -4.28. The molecular weight excluding hydrogens is 528 g/mol. The first-order chi connectivity index (χ1) is 19.4. The van der Waals surface area contributed by atoms with E-state index in [-0.39, 0.29) is 30.2 Å². The predicted octanol–water partition coefficient (Wildman–Crippen LogP) is 4.12. The number of nitrogens with zero attached hydrogens (tertiary/aromatic N) is 2. The van der Waals surface area contributed by atoms with Gasteiger partial charge in [-0.05, 0) is 70.7 Å². The number of H-pyrrole nitrogens is 1. The number of piperidine rings is 1. The third kappa shape index (κ3) is 7.08. The Morgan fingerprint density at radius 1 is 1.05 bits per heavy atom. The summed E-state index contributed by atoms with van der Waals surface area (Å²) >= 11 is 0. The molecule has 1 fully saturated rings. The van der Waals surface area contributed by atoms with Crippen molar-refractivity contribution in [2.24, 2.45) is 0 Å². The van der Waals surface area contributed by atoms with Gasteiger partial charge in [0.05, 0.1) is 19.7 Å². The smallest absolute Gasteiger partial charge is 0.410 e. The Morgan fingerprint density at radius 2 is 1.71 bits per heavy atom. The molecule has 11 nitrogen and oxygen atoms in total. The van der Waals surface area contributed by atoms with Gasteiger partial charge in [-0.25, -0.2) is 9.78 Å². The fourth-order valence-corrected chi connectivity index (χ4v) is 4.88. The summed E-state index contributed by atoms with van der Waals surface area (Å²) in [5.41, 5.74) is 1.88. The third-order valence-corrected chi connectivity index (χ3v) is 6.79. The van der Waals surface area contributed by atoms with Crippen LogP contribution in [-0.2, 0) is 9.53 Å². The molecule has 0 spiro atoms. The molecule has 1 aliphatic rings. The molecule has 1 aliphatic heterocycles. The lowest BCUT2D eigenvalue weighted by Crippen LogP contribution is -2.48. The summed E-state index contributed by atoms with van der Waals surface area (Å²) in [6, 6.07) is 7.00. The first-order valence-electron chi connectivity index (χ1n) is 13.6. The lowest BCUT2D eigenvalue weighted by molar-refractivity contribution is -0.124. The molecule has 0 radical (unpaired) electrons. The summed E-state index contributed by atoms with van der Waals surface area (Å²) in [6.07, 6.45) is 0.959. The molecule has 2 aromatic carbocycles. The largest absolute Gasteiger partial charge is 0.497 e. The molecule has 3 aromatic rings. The number of carbonyl (C=O) groups is 2. The molecular formula is C30H38N4O7. The van der Waals surface area contributed by atoms with E-state index >= 15 is 0 Å². The van der Waals surface area contributed by atoms with Crippen LogP contribution in [0.1, 0.15) is 44.7 Å². The number of methoxy groups -OCH3 is 2.